The van der Waals surface area contributed by atoms with Gasteiger partial charge >= 0.3 is 6.18 Å². The number of carbonyl (C=O) groups is 2. The van der Waals surface area contributed by atoms with E-state index in [1.54, 1.807) is 23.1 Å². The van der Waals surface area contributed by atoms with Crippen molar-refractivity contribution >= 4 is 27.5 Å². The number of hydrogen-bond donors (Lipinski definition) is 1. The van der Waals surface area contributed by atoms with Gasteiger partial charge in [0.2, 0.25) is 11.8 Å². The minimum atomic E-state index is -4.69. The third-order valence-electron chi connectivity index (χ3n) is 6.11. The first-order chi connectivity index (χ1) is 18.0. The Hall–Kier alpha value is -3.86. The lowest BCUT2D eigenvalue weighted by Crippen LogP contribution is -2.40. The number of alkyl halides is 3. The monoisotopic (exact) mass is 545 g/mol. The summed E-state index contributed by atoms with van der Waals surface area (Å²) in [5.41, 5.74) is 0.316. The van der Waals surface area contributed by atoms with Crippen molar-refractivity contribution in [2.24, 2.45) is 0 Å². The molecule has 0 atom stereocenters. The fourth-order valence-electron chi connectivity index (χ4n) is 4.19. The first-order valence-electron chi connectivity index (χ1n) is 11.9. The molecule has 4 rings (SSSR count). The third kappa shape index (κ3) is 6.52. The van der Waals surface area contributed by atoms with Crippen molar-refractivity contribution in [3.8, 4) is 0 Å². The van der Waals surface area contributed by atoms with Gasteiger partial charge in [-0.2, -0.15) is 13.2 Å². The number of sulfonamides is 1. The van der Waals surface area contributed by atoms with E-state index in [0.29, 0.717) is 29.9 Å². The fraction of sp³-hybridized carbons (Fsp3) is 0.259. The molecule has 0 spiro atoms. The number of rotatable bonds is 9. The molecule has 3 aromatic carbocycles. The van der Waals surface area contributed by atoms with E-state index in [-0.39, 0.29) is 23.0 Å². The predicted octanol–water partition coefficient (Wildman–Crippen LogP) is 4.34. The molecule has 1 N–H and O–H groups in total. The second-order valence-electron chi connectivity index (χ2n) is 8.89. The number of likely N-dealkylation sites (tertiary alicyclic amines) is 1. The van der Waals surface area contributed by atoms with Crippen molar-refractivity contribution in [2.45, 2.75) is 37.0 Å². The molecular formula is C27H26F3N3O4S. The molecule has 1 aliphatic heterocycles. The van der Waals surface area contributed by atoms with E-state index in [4.69, 9.17) is 0 Å². The molecular weight excluding hydrogens is 519 g/mol. The Morgan fingerprint density at radius 1 is 0.947 bits per heavy atom. The molecule has 38 heavy (non-hydrogen) atoms. The van der Waals surface area contributed by atoms with Gasteiger partial charge in [-0.05, 0) is 47.9 Å². The Bertz CT molecular complexity index is 1410. The molecule has 0 saturated carbocycles. The maximum atomic E-state index is 13.4. The van der Waals surface area contributed by atoms with E-state index >= 15 is 0 Å². The quantitative estimate of drug-likeness (QED) is 0.434. The van der Waals surface area contributed by atoms with Crippen LogP contribution in [0.1, 0.15) is 29.5 Å². The van der Waals surface area contributed by atoms with E-state index in [1.165, 1.54) is 30.3 Å². The average Bonchev–Trinajstić information content (AvgIpc) is 3.30. The van der Waals surface area contributed by atoms with Gasteiger partial charge in [0.25, 0.3) is 10.0 Å². The van der Waals surface area contributed by atoms with E-state index in [9.17, 15) is 31.2 Å². The fourth-order valence-corrected chi connectivity index (χ4v) is 5.62. The number of nitrogens with zero attached hydrogens (tertiary/aromatic N) is 2. The van der Waals surface area contributed by atoms with Crippen molar-refractivity contribution in [3.05, 3.63) is 95.6 Å². The molecule has 3 aromatic rings. The molecule has 1 fully saturated rings. The highest BCUT2D eigenvalue weighted by atomic mass is 32.2. The first-order valence-corrected chi connectivity index (χ1v) is 13.4. The Balaban J connectivity index is 1.52. The zero-order valence-corrected chi connectivity index (χ0v) is 21.1. The summed E-state index contributed by atoms with van der Waals surface area (Å²) in [6, 6.07) is 18.3. The summed E-state index contributed by atoms with van der Waals surface area (Å²) in [6.07, 6.45) is -3.34. The minimum Gasteiger partial charge on any atom is -0.350 e. The number of halogens is 3. The molecule has 1 saturated heterocycles. The van der Waals surface area contributed by atoms with Crippen LogP contribution in [0.2, 0.25) is 0 Å². The molecule has 7 nitrogen and oxygen atoms in total. The lowest BCUT2D eigenvalue weighted by molar-refractivity contribution is -0.137. The largest absolute Gasteiger partial charge is 0.416 e. The second kappa shape index (κ2) is 11.3. The van der Waals surface area contributed by atoms with Gasteiger partial charge in [0.05, 0.1) is 16.1 Å². The summed E-state index contributed by atoms with van der Waals surface area (Å²) in [6.45, 7) is 0.503. The summed E-state index contributed by atoms with van der Waals surface area (Å²) in [5.74, 6) is -0.597. The predicted molar refractivity (Wildman–Crippen MR) is 135 cm³/mol. The molecule has 0 aromatic heterocycles. The van der Waals surface area contributed by atoms with Crippen LogP contribution in [-0.4, -0.2) is 38.2 Å². The SMILES string of the molecule is O=C(CN(c1cccc(C(F)(F)F)c1)S(=O)(=O)c1ccccc1)NCc1cccc(CN2CCCC2=O)c1. The van der Waals surface area contributed by atoms with Gasteiger partial charge in [-0.25, -0.2) is 8.42 Å². The van der Waals surface area contributed by atoms with Crippen molar-refractivity contribution in [1.29, 1.82) is 0 Å². The number of amides is 2. The van der Waals surface area contributed by atoms with E-state index < -0.39 is 34.2 Å². The summed E-state index contributed by atoms with van der Waals surface area (Å²) in [4.78, 5) is 26.4. The highest BCUT2D eigenvalue weighted by Gasteiger charge is 2.33. The molecule has 0 unspecified atom stereocenters. The number of nitrogens with one attached hydrogen (secondary N) is 1. The first kappa shape index (κ1) is 27.2. The van der Waals surface area contributed by atoms with Gasteiger partial charge in [-0.1, -0.05) is 48.5 Å². The molecule has 1 aliphatic rings. The average molecular weight is 546 g/mol. The maximum absolute atomic E-state index is 13.4. The molecule has 1 heterocycles. The van der Waals surface area contributed by atoms with Crippen LogP contribution in [-0.2, 0) is 38.9 Å². The van der Waals surface area contributed by atoms with Gasteiger partial charge < -0.3 is 10.2 Å². The second-order valence-corrected chi connectivity index (χ2v) is 10.8. The standard InChI is InChI=1S/C27H26F3N3O4S/c28-27(29,30)22-9-5-10-23(16-22)33(38(36,37)24-11-2-1-3-12-24)19-25(34)31-17-20-7-4-8-21(15-20)18-32-14-6-13-26(32)35/h1-5,7-12,15-16H,6,13-14,17-19H2,(H,31,34). The van der Waals surface area contributed by atoms with Crippen LogP contribution < -0.4 is 9.62 Å². The topological polar surface area (TPSA) is 86.8 Å². The molecule has 0 bridgehead atoms. The van der Waals surface area contributed by atoms with Gasteiger partial charge in [0.1, 0.15) is 6.54 Å². The highest BCUT2D eigenvalue weighted by molar-refractivity contribution is 7.92. The summed E-state index contributed by atoms with van der Waals surface area (Å²) in [5, 5.41) is 2.65. The Morgan fingerprint density at radius 3 is 2.34 bits per heavy atom. The third-order valence-corrected chi connectivity index (χ3v) is 7.89. The van der Waals surface area contributed by atoms with E-state index in [2.05, 4.69) is 5.32 Å². The molecule has 0 aliphatic carbocycles. The van der Waals surface area contributed by atoms with Crippen LogP contribution in [0.15, 0.2) is 83.8 Å². The lowest BCUT2D eigenvalue weighted by Gasteiger charge is -2.25. The van der Waals surface area contributed by atoms with Crippen molar-refractivity contribution in [2.75, 3.05) is 17.4 Å². The van der Waals surface area contributed by atoms with Crippen LogP contribution in [0.25, 0.3) is 0 Å². The van der Waals surface area contributed by atoms with Crippen molar-refractivity contribution in [1.82, 2.24) is 10.2 Å². The normalized spacial score (nSPS) is 14.0. The minimum absolute atomic E-state index is 0.0719. The zero-order valence-electron chi connectivity index (χ0n) is 20.3. The summed E-state index contributed by atoms with van der Waals surface area (Å²) < 4.78 is 67.4. The van der Waals surface area contributed by atoms with Gasteiger partial charge in [-0.15, -0.1) is 0 Å². The molecule has 200 valence electrons. The number of benzene rings is 3. The Labute approximate surface area is 218 Å². The summed E-state index contributed by atoms with van der Waals surface area (Å²) in [7, 11) is -4.35. The number of hydrogen-bond acceptors (Lipinski definition) is 4. The number of anilines is 1. The molecule has 0 radical (unpaired) electrons. The van der Waals surface area contributed by atoms with Gasteiger partial charge in [0.15, 0.2) is 0 Å². The van der Waals surface area contributed by atoms with Gasteiger partial charge in [0, 0.05) is 26.1 Å². The highest BCUT2D eigenvalue weighted by Crippen LogP contribution is 2.33. The van der Waals surface area contributed by atoms with E-state index in [1.807, 2.05) is 12.1 Å². The smallest absolute Gasteiger partial charge is 0.350 e. The maximum Gasteiger partial charge on any atom is 0.416 e. The van der Waals surface area contributed by atoms with Crippen molar-refractivity contribution in [3.63, 3.8) is 0 Å². The lowest BCUT2D eigenvalue weighted by atomic mass is 10.1. The number of carbonyl (C=O) groups excluding carboxylic acids is 2. The molecule has 2 amide bonds. The zero-order chi connectivity index (χ0) is 27.3. The van der Waals surface area contributed by atoms with Crippen LogP contribution in [0.3, 0.4) is 0 Å². The van der Waals surface area contributed by atoms with Gasteiger partial charge in [-0.3, -0.25) is 13.9 Å². The Morgan fingerprint density at radius 2 is 1.66 bits per heavy atom. The van der Waals surface area contributed by atoms with Crippen molar-refractivity contribution < 1.29 is 31.2 Å². The van der Waals surface area contributed by atoms with Crippen LogP contribution >= 0.6 is 0 Å². The van der Waals surface area contributed by atoms with Crippen LogP contribution in [0.5, 0.6) is 0 Å². The van der Waals surface area contributed by atoms with E-state index in [0.717, 1.165) is 29.7 Å². The van der Waals surface area contributed by atoms with Crippen LogP contribution in [0, 0.1) is 0 Å². The molecule has 11 heteroatoms. The van der Waals surface area contributed by atoms with Crippen LogP contribution in [0.4, 0.5) is 18.9 Å². The Kier molecular flexibility index (Phi) is 8.05. The summed E-state index contributed by atoms with van der Waals surface area (Å²) >= 11 is 0.